The molecule has 0 spiro atoms. The number of fused-ring (bicyclic) bond motifs is 1. The van der Waals surface area contributed by atoms with Crippen molar-refractivity contribution in [1.82, 2.24) is 19.9 Å². The Hall–Kier alpha value is -3.02. The first kappa shape index (κ1) is 17.4. The van der Waals surface area contributed by atoms with Gasteiger partial charge in [0.25, 0.3) is 0 Å². The topological polar surface area (TPSA) is 71.0 Å². The van der Waals surface area contributed by atoms with Crippen molar-refractivity contribution in [3.05, 3.63) is 48.4 Å². The van der Waals surface area contributed by atoms with Gasteiger partial charge in [-0.1, -0.05) is 24.3 Å². The number of aryl methyl sites for hydroxylation is 1. The van der Waals surface area contributed by atoms with Crippen molar-refractivity contribution < 1.29 is 4.79 Å². The van der Waals surface area contributed by atoms with Crippen LogP contribution in [0.4, 0.5) is 5.95 Å². The standard InChI is InChI=1S/C21H23N5O/c1-14-6-7-16(12-22-14)19-5-3-4-17-13-23-21(25-20(17)19)24-18-8-10-26(11-9-18)15(2)27/h3-7,12-13,18H,8-11H2,1-2H3,(H,23,24,25). The second-order valence-electron chi connectivity index (χ2n) is 7.05. The van der Waals surface area contributed by atoms with Gasteiger partial charge in [0.2, 0.25) is 11.9 Å². The maximum absolute atomic E-state index is 11.5. The Morgan fingerprint density at radius 1 is 1.11 bits per heavy atom. The van der Waals surface area contributed by atoms with Crippen LogP contribution in [0.3, 0.4) is 0 Å². The molecule has 0 atom stereocenters. The van der Waals surface area contributed by atoms with Crippen molar-refractivity contribution in [3.63, 3.8) is 0 Å². The van der Waals surface area contributed by atoms with Crippen LogP contribution in [-0.2, 0) is 4.79 Å². The van der Waals surface area contributed by atoms with Gasteiger partial charge in [0, 0.05) is 60.7 Å². The molecule has 1 aliphatic heterocycles. The second-order valence-corrected chi connectivity index (χ2v) is 7.05. The number of nitrogens with zero attached hydrogens (tertiary/aromatic N) is 4. The average molecular weight is 361 g/mol. The number of carbonyl (C=O) groups is 1. The number of para-hydroxylation sites is 1. The van der Waals surface area contributed by atoms with E-state index in [9.17, 15) is 4.79 Å². The fourth-order valence-corrected chi connectivity index (χ4v) is 3.51. The number of rotatable bonds is 3. The Morgan fingerprint density at radius 2 is 1.93 bits per heavy atom. The third kappa shape index (κ3) is 3.74. The van der Waals surface area contributed by atoms with Crippen molar-refractivity contribution in [1.29, 1.82) is 0 Å². The number of hydrogen-bond acceptors (Lipinski definition) is 5. The number of nitrogens with one attached hydrogen (secondary N) is 1. The number of aromatic nitrogens is 3. The second kappa shape index (κ2) is 7.31. The molecule has 6 nitrogen and oxygen atoms in total. The number of piperidine rings is 1. The van der Waals surface area contributed by atoms with E-state index in [0.29, 0.717) is 5.95 Å². The maximum atomic E-state index is 11.5. The summed E-state index contributed by atoms with van der Waals surface area (Å²) >= 11 is 0. The van der Waals surface area contributed by atoms with Gasteiger partial charge in [0.05, 0.1) is 5.52 Å². The monoisotopic (exact) mass is 361 g/mol. The fourth-order valence-electron chi connectivity index (χ4n) is 3.51. The SMILES string of the molecule is CC(=O)N1CCC(Nc2ncc3cccc(-c4ccc(C)nc4)c3n2)CC1. The largest absolute Gasteiger partial charge is 0.351 e. The molecule has 1 aromatic carbocycles. The number of amides is 1. The van der Waals surface area contributed by atoms with Crippen LogP contribution >= 0.6 is 0 Å². The minimum Gasteiger partial charge on any atom is -0.351 e. The summed E-state index contributed by atoms with van der Waals surface area (Å²) < 4.78 is 0. The molecule has 138 valence electrons. The molecular formula is C21H23N5O. The molecule has 1 fully saturated rings. The highest BCUT2D eigenvalue weighted by atomic mass is 16.2. The van der Waals surface area contributed by atoms with Crippen molar-refractivity contribution in [3.8, 4) is 11.1 Å². The molecule has 1 amide bonds. The van der Waals surface area contributed by atoms with Gasteiger partial charge < -0.3 is 10.2 Å². The number of hydrogen-bond donors (Lipinski definition) is 1. The van der Waals surface area contributed by atoms with E-state index in [-0.39, 0.29) is 11.9 Å². The summed E-state index contributed by atoms with van der Waals surface area (Å²) in [6.45, 7) is 5.16. The Morgan fingerprint density at radius 3 is 2.63 bits per heavy atom. The van der Waals surface area contributed by atoms with Crippen molar-refractivity contribution >= 4 is 22.8 Å². The molecule has 0 unspecified atom stereocenters. The van der Waals surface area contributed by atoms with E-state index in [2.05, 4.69) is 27.4 Å². The van der Waals surface area contributed by atoms with E-state index in [1.54, 1.807) is 6.92 Å². The van der Waals surface area contributed by atoms with E-state index in [4.69, 9.17) is 4.98 Å². The number of carbonyl (C=O) groups excluding carboxylic acids is 1. The lowest BCUT2D eigenvalue weighted by Crippen LogP contribution is -2.41. The Kier molecular flexibility index (Phi) is 4.71. The minimum atomic E-state index is 0.145. The molecule has 1 saturated heterocycles. The molecule has 3 aromatic rings. The van der Waals surface area contributed by atoms with Gasteiger partial charge in [0.15, 0.2) is 0 Å². The lowest BCUT2D eigenvalue weighted by molar-refractivity contribution is -0.129. The van der Waals surface area contributed by atoms with Crippen LogP contribution in [0.5, 0.6) is 0 Å². The van der Waals surface area contributed by atoms with Crippen molar-refractivity contribution in [2.75, 3.05) is 18.4 Å². The minimum absolute atomic E-state index is 0.145. The van der Waals surface area contributed by atoms with Gasteiger partial charge in [-0.25, -0.2) is 9.97 Å². The summed E-state index contributed by atoms with van der Waals surface area (Å²) in [6, 6.07) is 10.5. The summed E-state index contributed by atoms with van der Waals surface area (Å²) in [6.07, 6.45) is 5.56. The predicted molar refractivity (Wildman–Crippen MR) is 106 cm³/mol. The lowest BCUT2D eigenvalue weighted by Gasteiger charge is -2.31. The Balaban J connectivity index is 1.59. The van der Waals surface area contributed by atoms with Crippen LogP contribution in [0.15, 0.2) is 42.7 Å². The molecule has 1 aliphatic rings. The molecule has 2 aromatic heterocycles. The third-order valence-electron chi connectivity index (χ3n) is 5.11. The lowest BCUT2D eigenvalue weighted by atomic mass is 10.0. The van der Waals surface area contributed by atoms with Crippen molar-refractivity contribution in [2.45, 2.75) is 32.7 Å². The molecule has 27 heavy (non-hydrogen) atoms. The van der Waals surface area contributed by atoms with Crippen LogP contribution in [0, 0.1) is 6.92 Å². The van der Waals surface area contributed by atoms with E-state index < -0.39 is 0 Å². The first-order valence-electron chi connectivity index (χ1n) is 9.31. The zero-order valence-electron chi connectivity index (χ0n) is 15.6. The normalized spacial score (nSPS) is 15.1. The summed E-state index contributed by atoms with van der Waals surface area (Å²) in [4.78, 5) is 27.1. The van der Waals surface area contributed by atoms with Gasteiger partial charge in [-0.05, 0) is 25.8 Å². The Bertz CT molecular complexity index is 962. The van der Waals surface area contributed by atoms with E-state index in [0.717, 1.165) is 53.7 Å². The van der Waals surface area contributed by atoms with Gasteiger partial charge in [-0.3, -0.25) is 9.78 Å². The molecule has 1 N–H and O–H groups in total. The molecule has 0 aliphatic carbocycles. The van der Waals surface area contributed by atoms with Crippen LogP contribution < -0.4 is 5.32 Å². The first-order chi connectivity index (χ1) is 13.1. The molecule has 0 bridgehead atoms. The van der Waals surface area contributed by atoms with E-state index in [1.807, 2.05) is 42.4 Å². The number of anilines is 1. The molecule has 0 saturated carbocycles. The molecule has 6 heteroatoms. The van der Waals surface area contributed by atoms with E-state index >= 15 is 0 Å². The van der Waals surface area contributed by atoms with Crippen LogP contribution in [-0.4, -0.2) is 44.9 Å². The van der Waals surface area contributed by atoms with Crippen LogP contribution in [0.25, 0.3) is 22.0 Å². The fraction of sp³-hybridized carbons (Fsp3) is 0.333. The van der Waals surface area contributed by atoms with Crippen molar-refractivity contribution in [2.24, 2.45) is 0 Å². The highest BCUT2D eigenvalue weighted by Crippen LogP contribution is 2.27. The van der Waals surface area contributed by atoms with Gasteiger partial charge in [-0.2, -0.15) is 0 Å². The van der Waals surface area contributed by atoms with Gasteiger partial charge >= 0.3 is 0 Å². The highest BCUT2D eigenvalue weighted by Gasteiger charge is 2.21. The van der Waals surface area contributed by atoms with Crippen LogP contribution in [0.2, 0.25) is 0 Å². The quantitative estimate of drug-likeness (QED) is 0.774. The smallest absolute Gasteiger partial charge is 0.223 e. The Labute approximate surface area is 158 Å². The highest BCUT2D eigenvalue weighted by molar-refractivity contribution is 5.93. The molecule has 3 heterocycles. The van der Waals surface area contributed by atoms with E-state index in [1.165, 1.54) is 0 Å². The zero-order chi connectivity index (χ0) is 18.8. The summed E-state index contributed by atoms with van der Waals surface area (Å²) in [5.74, 6) is 0.781. The number of benzene rings is 1. The zero-order valence-corrected chi connectivity index (χ0v) is 15.6. The van der Waals surface area contributed by atoms with Gasteiger partial charge in [-0.15, -0.1) is 0 Å². The molecule has 4 rings (SSSR count). The summed E-state index contributed by atoms with van der Waals surface area (Å²) in [5, 5.41) is 4.45. The molecule has 0 radical (unpaired) electrons. The van der Waals surface area contributed by atoms with Gasteiger partial charge in [0.1, 0.15) is 0 Å². The average Bonchev–Trinajstić information content (AvgIpc) is 2.69. The third-order valence-corrected chi connectivity index (χ3v) is 5.11. The number of likely N-dealkylation sites (tertiary alicyclic amines) is 1. The first-order valence-corrected chi connectivity index (χ1v) is 9.31. The summed E-state index contributed by atoms with van der Waals surface area (Å²) in [7, 11) is 0. The summed E-state index contributed by atoms with van der Waals surface area (Å²) in [5.41, 5.74) is 4.01. The number of pyridine rings is 1. The van der Waals surface area contributed by atoms with Crippen LogP contribution in [0.1, 0.15) is 25.5 Å². The maximum Gasteiger partial charge on any atom is 0.223 e. The predicted octanol–water partition coefficient (Wildman–Crippen LogP) is 3.42. The molecular weight excluding hydrogens is 338 g/mol.